The first kappa shape index (κ1) is 62.9. The summed E-state index contributed by atoms with van der Waals surface area (Å²) >= 11 is 0. The standard InChI is InChI=1S/C24BF20.C19H15.C12F4N4/c26-5-1(6(27)14(35)21(42)13(5)34)25(2-7(28)15(36)22(43)16(37)8(2)29,3-9(30)17(38)23(44)18(39)10(3)31)4-11(32)19(40)24(45)20(41)12(4)33;1-4-10-16(11-5-1)19(17-12-6-2-7-13-17)18-14-8-3-9-15-18;1-19-12(20-2)7-10(15)8(13)6(5(3-17)4-18)9(14)11(7)16/h;1-15H;/q-1;+1;. The van der Waals surface area contributed by atoms with E-state index < -0.39 is 189 Å². The van der Waals surface area contributed by atoms with Crippen molar-refractivity contribution in [3.63, 3.8) is 0 Å². The van der Waals surface area contributed by atoms with E-state index >= 15 is 35.1 Å². The topological polar surface area (TPSA) is 56.3 Å². The number of halogens is 24. The summed E-state index contributed by atoms with van der Waals surface area (Å²) < 4.78 is 349. The van der Waals surface area contributed by atoms with Crippen molar-refractivity contribution in [3.8, 4) is 12.1 Å². The lowest BCUT2D eigenvalue weighted by molar-refractivity contribution is 0.378. The second-order valence-corrected chi connectivity index (χ2v) is 16.4. The van der Waals surface area contributed by atoms with Gasteiger partial charge in [0.2, 0.25) is 0 Å². The number of benzene rings is 7. The van der Waals surface area contributed by atoms with Crippen LogP contribution in [-0.4, -0.2) is 6.15 Å². The van der Waals surface area contributed by atoms with Gasteiger partial charge in [0, 0.05) is 41.9 Å². The van der Waals surface area contributed by atoms with Gasteiger partial charge in [0.1, 0.15) is 94.3 Å². The van der Waals surface area contributed by atoms with Crippen molar-refractivity contribution in [1.82, 2.24) is 0 Å². The molecule has 0 fully saturated rings. The Kier molecular flexibility index (Phi) is 18.6. The van der Waals surface area contributed by atoms with Crippen LogP contribution < -0.4 is 32.3 Å². The molecule has 8 rings (SSSR count). The van der Waals surface area contributed by atoms with E-state index in [2.05, 4.69) is 101 Å². The van der Waals surface area contributed by atoms with Crippen molar-refractivity contribution >= 4 is 45.0 Å². The van der Waals surface area contributed by atoms with Crippen molar-refractivity contribution in [1.29, 1.82) is 10.5 Å². The van der Waals surface area contributed by atoms with Crippen molar-refractivity contribution in [2.45, 2.75) is 0 Å². The van der Waals surface area contributed by atoms with Crippen LogP contribution in [0.15, 0.2) is 90.5 Å². The Morgan fingerprint density at radius 3 is 0.857 bits per heavy atom. The van der Waals surface area contributed by atoms with Gasteiger partial charge in [-0.25, -0.2) is 105 Å². The van der Waals surface area contributed by atoms with E-state index in [0.29, 0.717) is 0 Å². The number of rotatable bonds is 6. The molecule has 0 atom stereocenters. The molecule has 426 valence electrons. The molecule has 0 saturated carbocycles. The molecule has 0 saturated heterocycles. The predicted molar refractivity (Wildman–Crippen MR) is 247 cm³/mol. The van der Waals surface area contributed by atoms with Gasteiger partial charge < -0.3 is 0 Å². The van der Waals surface area contributed by atoms with Gasteiger partial charge in [-0.05, 0) is 24.3 Å². The molecule has 0 amide bonds. The van der Waals surface area contributed by atoms with E-state index in [1.807, 2.05) is 0 Å². The summed E-state index contributed by atoms with van der Waals surface area (Å²) in [6.45, 7) is 13.1. The van der Waals surface area contributed by atoms with Gasteiger partial charge in [-0.2, -0.15) is 20.2 Å². The van der Waals surface area contributed by atoms with Crippen LogP contribution in [0, 0.1) is 182 Å². The average molecular weight is 1200 g/mol. The number of allylic oxidation sites excluding steroid dienone is 5. The fraction of sp³-hybridized carbons (Fsp3) is 0. The summed E-state index contributed by atoms with van der Waals surface area (Å²) in [4.78, 5) is 4.92. The number of hydrogen-bond donors (Lipinski definition) is 0. The van der Waals surface area contributed by atoms with E-state index in [-0.39, 0.29) is 0 Å². The Labute approximate surface area is 453 Å². The summed E-state index contributed by atoms with van der Waals surface area (Å²) in [5.41, 5.74) is -10.5. The zero-order valence-corrected chi connectivity index (χ0v) is 40.1. The summed E-state index contributed by atoms with van der Waals surface area (Å²) in [6.07, 6.45) is 3.33. The zero-order chi connectivity index (χ0) is 62.7. The number of hydrogen-bond acceptors (Lipinski definition) is 2. The molecule has 29 heteroatoms. The van der Waals surface area contributed by atoms with E-state index in [0.717, 1.165) is 12.1 Å². The largest absolute Gasteiger partial charge is 0.532 e. The van der Waals surface area contributed by atoms with Gasteiger partial charge in [0.15, 0.2) is 93.1 Å². The Hall–Kier alpha value is -10.3. The van der Waals surface area contributed by atoms with E-state index in [4.69, 9.17) is 23.7 Å². The fourth-order valence-corrected chi connectivity index (χ4v) is 8.51. The first-order valence-electron chi connectivity index (χ1n) is 22.0. The molecule has 0 N–H and O–H groups in total. The fourth-order valence-electron chi connectivity index (χ4n) is 8.51. The lowest BCUT2D eigenvalue weighted by atomic mass is 9.12. The molecule has 7 aromatic carbocycles. The first-order valence-corrected chi connectivity index (χ1v) is 22.0. The third-order valence-corrected chi connectivity index (χ3v) is 12.1. The minimum Gasteiger partial charge on any atom is -0.207 e. The molecule has 84 heavy (non-hydrogen) atoms. The molecule has 0 radical (unpaired) electrons. The third kappa shape index (κ3) is 10.4. The monoisotopic (exact) mass is 1200 g/mol. The van der Waals surface area contributed by atoms with E-state index in [1.165, 1.54) is 22.3 Å². The Morgan fingerprint density at radius 2 is 0.619 bits per heavy atom. The maximum atomic E-state index is 15.4. The SMILES string of the molecule is C1=C[CH+]C(=C(c2ccccc2)c2ccccc2)C=C1.Fc1c(F)c(F)c([B-](c2c(F)c(F)c(F)c(F)c2F)(c2c(F)c(F)c(F)c(F)c2F)c2c(F)c(F)c(F)c(F)c2F)c(F)c1F.[C-]#[N+]C([N+]#[C-])=c1c(F)c(F)c(=C(C#N)C#N)c(F)c1F. The Morgan fingerprint density at radius 1 is 0.357 bits per heavy atom. The second-order valence-electron chi connectivity index (χ2n) is 16.4. The first-order chi connectivity index (χ1) is 39.6. The molecular formula is C55H15BF24N4. The van der Waals surface area contributed by atoms with Crippen LogP contribution in [0.4, 0.5) is 105 Å². The molecule has 7 aromatic rings. The summed E-state index contributed by atoms with van der Waals surface area (Å²) in [5, 5.41) is 14.0. The second kappa shape index (κ2) is 24.8. The molecule has 0 heterocycles. The van der Waals surface area contributed by atoms with Crippen molar-refractivity contribution in [2.24, 2.45) is 0 Å². The van der Waals surface area contributed by atoms with Gasteiger partial charge >= 0.3 is 5.82 Å². The summed E-state index contributed by atoms with van der Waals surface area (Å²) in [5.74, 6) is -80.7. The molecule has 0 aromatic heterocycles. The highest BCUT2D eigenvalue weighted by Crippen LogP contribution is 2.33. The highest BCUT2D eigenvalue weighted by Gasteiger charge is 2.52. The third-order valence-electron chi connectivity index (χ3n) is 12.1. The maximum Gasteiger partial charge on any atom is 0.532 e. The molecule has 0 spiro atoms. The van der Waals surface area contributed by atoms with Crippen LogP contribution in [0.1, 0.15) is 11.1 Å². The molecular weight excluding hydrogens is 1180 g/mol. The molecule has 1 aliphatic carbocycles. The minimum atomic E-state index is -7.22. The minimum absolute atomic E-state index is 1.10. The zero-order valence-electron chi connectivity index (χ0n) is 40.1. The average Bonchev–Trinajstić information content (AvgIpc) is 0.713. The highest BCUT2D eigenvalue weighted by atomic mass is 19.2. The molecule has 0 aliphatic heterocycles. The van der Waals surface area contributed by atoms with Crippen LogP contribution in [0.5, 0.6) is 0 Å². The van der Waals surface area contributed by atoms with E-state index in [1.54, 1.807) is 0 Å². The molecule has 4 nitrogen and oxygen atoms in total. The quantitative estimate of drug-likeness (QED) is 0.0548. The van der Waals surface area contributed by atoms with Crippen LogP contribution in [0.25, 0.3) is 26.7 Å². The smallest absolute Gasteiger partial charge is 0.207 e. The van der Waals surface area contributed by atoms with Gasteiger partial charge in [-0.3, -0.25) is 0 Å². The van der Waals surface area contributed by atoms with Crippen LogP contribution in [-0.2, 0) is 0 Å². The molecule has 0 unspecified atom stereocenters. The normalized spacial score (nSPS) is 11.5. The van der Waals surface area contributed by atoms with Crippen LogP contribution in [0.3, 0.4) is 0 Å². The van der Waals surface area contributed by atoms with Crippen molar-refractivity contribution in [2.75, 3.05) is 0 Å². The predicted octanol–water partition coefficient (Wildman–Crippen LogP) is 12.0. The summed E-state index contributed by atoms with van der Waals surface area (Å²) in [6, 6.07) is 23.3. The van der Waals surface area contributed by atoms with E-state index in [9.17, 15) is 70.2 Å². The van der Waals surface area contributed by atoms with Gasteiger partial charge in [-0.15, -0.1) is 21.9 Å². The van der Waals surface area contributed by atoms with Crippen molar-refractivity contribution in [3.05, 3.63) is 281 Å². The number of nitriles is 2. The van der Waals surface area contributed by atoms with Gasteiger partial charge in [-0.1, -0.05) is 36.4 Å². The summed E-state index contributed by atoms with van der Waals surface area (Å²) in [7, 11) is 0. The molecule has 1 aliphatic rings. The van der Waals surface area contributed by atoms with Crippen LogP contribution >= 0.6 is 0 Å². The Balaban J connectivity index is 0.000000237. The van der Waals surface area contributed by atoms with Crippen LogP contribution in [0.2, 0.25) is 0 Å². The van der Waals surface area contributed by atoms with Crippen molar-refractivity contribution < 1.29 is 105 Å². The lowest BCUT2D eigenvalue weighted by Crippen LogP contribution is -2.81. The highest BCUT2D eigenvalue weighted by molar-refractivity contribution is 7.20. The number of nitrogens with zero attached hydrogens (tertiary/aromatic N) is 4. The lowest BCUT2D eigenvalue weighted by Gasteiger charge is -2.44. The molecule has 0 bridgehead atoms. The maximum absolute atomic E-state index is 15.4. The van der Waals surface area contributed by atoms with Gasteiger partial charge in [0.05, 0.1) is 10.8 Å². The van der Waals surface area contributed by atoms with Gasteiger partial charge in [0.25, 0.3) is 0 Å². The Bertz CT molecular complexity index is 3740.